The Labute approximate surface area is 184 Å². The fraction of sp³-hybridized carbons (Fsp3) is 0.444. The summed E-state index contributed by atoms with van der Waals surface area (Å²) < 4.78 is 93.3. The molecule has 2 aromatic rings. The van der Waals surface area contributed by atoms with Gasteiger partial charge in [0, 0.05) is 21.0 Å². The molecule has 9 nitrogen and oxygen atoms in total. The number of amides is 1. The van der Waals surface area contributed by atoms with E-state index in [1.807, 2.05) is 0 Å². The average Bonchev–Trinajstić information content (AvgIpc) is 2.72. The van der Waals surface area contributed by atoms with Gasteiger partial charge in [-0.3, -0.25) is 14.2 Å². The van der Waals surface area contributed by atoms with Crippen LogP contribution >= 0.6 is 0 Å². The predicted octanol–water partition coefficient (Wildman–Crippen LogP) is 2.19. The Morgan fingerprint density at radius 3 is 2.33 bits per heavy atom. The zero-order valence-electron chi connectivity index (χ0n) is 17.8. The van der Waals surface area contributed by atoms with Gasteiger partial charge in [0.1, 0.15) is 11.5 Å². The van der Waals surface area contributed by atoms with Crippen LogP contribution in [0.3, 0.4) is 0 Å². The number of sulfone groups is 1. The van der Waals surface area contributed by atoms with Crippen molar-refractivity contribution in [3.8, 4) is 17.3 Å². The van der Waals surface area contributed by atoms with E-state index in [2.05, 4.69) is 14.7 Å². The van der Waals surface area contributed by atoms with E-state index >= 15 is 0 Å². The zero-order chi connectivity index (χ0) is 25.4. The molecule has 0 N–H and O–H groups in total. The lowest BCUT2D eigenvalue weighted by Crippen LogP contribution is -2.42. The summed E-state index contributed by atoms with van der Waals surface area (Å²) in [6, 6.07) is 2.43. The molecule has 1 amide bonds. The van der Waals surface area contributed by atoms with E-state index in [-0.39, 0.29) is 28.0 Å². The van der Waals surface area contributed by atoms with Gasteiger partial charge in [-0.25, -0.2) is 18.4 Å². The second-order valence-corrected chi connectivity index (χ2v) is 9.05. The predicted molar refractivity (Wildman–Crippen MR) is 106 cm³/mol. The number of hydrogen-bond acceptors (Lipinski definition) is 7. The average molecular weight is 498 g/mol. The molecule has 0 unspecified atom stereocenters. The van der Waals surface area contributed by atoms with Gasteiger partial charge in [-0.15, -0.1) is 0 Å². The molecule has 182 valence electrons. The van der Waals surface area contributed by atoms with Crippen molar-refractivity contribution in [3.05, 3.63) is 28.7 Å². The summed E-state index contributed by atoms with van der Waals surface area (Å²) in [5.74, 6) is -7.23. The van der Waals surface area contributed by atoms with E-state index in [9.17, 15) is 40.0 Å². The summed E-state index contributed by atoms with van der Waals surface area (Å²) in [5.41, 5.74) is -1.49. The number of halogens is 5. The van der Waals surface area contributed by atoms with Gasteiger partial charge < -0.3 is 9.64 Å². The number of anilines is 1. The molecule has 0 aliphatic rings. The molecule has 0 aliphatic heterocycles. The highest BCUT2D eigenvalue weighted by Crippen LogP contribution is 2.35. The minimum atomic E-state index is -5.89. The van der Waals surface area contributed by atoms with Crippen molar-refractivity contribution in [3.63, 3.8) is 0 Å². The van der Waals surface area contributed by atoms with Gasteiger partial charge in [0.25, 0.3) is 5.56 Å². The van der Waals surface area contributed by atoms with Gasteiger partial charge in [-0.2, -0.15) is 22.0 Å². The molecule has 2 aromatic heterocycles. The number of alkyl halides is 5. The SMILES string of the molecule is CCS(=O)(=O)c1ccc(N(C)C(C)=O)nc1-c1ncc(OCC(F)(F)C(F)(F)F)c(=O)n1C. The Morgan fingerprint density at radius 2 is 1.82 bits per heavy atom. The lowest BCUT2D eigenvalue weighted by atomic mass is 10.3. The van der Waals surface area contributed by atoms with Crippen LogP contribution in [0.15, 0.2) is 28.0 Å². The van der Waals surface area contributed by atoms with E-state index in [4.69, 9.17) is 0 Å². The van der Waals surface area contributed by atoms with Crippen LogP contribution in [0.4, 0.5) is 27.8 Å². The molecular weight excluding hydrogens is 479 g/mol. The van der Waals surface area contributed by atoms with E-state index < -0.39 is 45.8 Å². The molecule has 2 heterocycles. The lowest BCUT2D eigenvalue weighted by Gasteiger charge is -2.20. The van der Waals surface area contributed by atoms with Crippen LogP contribution in [0, 0.1) is 0 Å². The summed E-state index contributed by atoms with van der Waals surface area (Å²) in [5, 5.41) is 0. The Bertz CT molecular complexity index is 1230. The number of ether oxygens (including phenoxy) is 1. The second kappa shape index (κ2) is 9.03. The van der Waals surface area contributed by atoms with Crippen LogP contribution in [0.25, 0.3) is 11.5 Å². The molecule has 0 radical (unpaired) electrons. The fourth-order valence-corrected chi connectivity index (χ4v) is 3.46. The van der Waals surface area contributed by atoms with Gasteiger partial charge in [-0.1, -0.05) is 6.92 Å². The first-order chi connectivity index (χ1) is 15.0. The summed E-state index contributed by atoms with van der Waals surface area (Å²) in [4.78, 5) is 32.9. The molecule has 0 bridgehead atoms. The van der Waals surface area contributed by atoms with Gasteiger partial charge in [0.2, 0.25) is 11.7 Å². The molecule has 0 spiro atoms. The van der Waals surface area contributed by atoms with Crippen LogP contribution < -0.4 is 15.2 Å². The summed E-state index contributed by atoms with van der Waals surface area (Å²) in [6.45, 7) is 0.438. The third-order valence-corrected chi connectivity index (χ3v) is 6.31. The van der Waals surface area contributed by atoms with Crippen molar-refractivity contribution in [1.29, 1.82) is 0 Å². The quantitative estimate of drug-likeness (QED) is 0.538. The molecule has 0 atom stereocenters. The van der Waals surface area contributed by atoms with Gasteiger partial charge in [0.15, 0.2) is 22.3 Å². The third kappa shape index (κ3) is 5.29. The minimum absolute atomic E-state index is 0.0203. The first-order valence-electron chi connectivity index (χ1n) is 9.15. The highest BCUT2D eigenvalue weighted by atomic mass is 32.2. The maximum atomic E-state index is 13.1. The molecule has 2 rings (SSSR count). The first-order valence-corrected chi connectivity index (χ1v) is 10.8. The maximum absolute atomic E-state index is 13.1. The van der Waals surface area contributed by atoms with Crippen molar-refractivity contribution < 1.29 is 39.9 Å². The topological polar surface area (TPSA) is 111 Å². The maximum Gasteiger partial charge on any atom is 0.456 e. The van der Waals surface area contributed by atoms with Crippen LogP contribution in [-0.2, 0) is 21.7 Å². The molecule has 0 aromatic carbocycles. The van der Waals surface area contributed by atoms with E-state index in [1.54, 1.807) is 0 Å². The molecule has 0 saturated carbocycles. The number of carbonyl (C=O) groups excluding carboxylic acids is 1. The largest absolute Gasteiger partial charge is 0.480 e. The van der Waals surface area contributed by atoms with Crippen LogP contribution in [-0.4, -0.2) is 60.4 Å². The normalized spacial score (nSPS) is 12.5. The summed E-state index contributed by atoms with van der Waals surface area (Å²) >= 11 is 0. The third-order valence-electron chi connectivity index (χ3n) is 4.55. The molecule has 0 saturated heterocycles. The monoisotopic (exact) mass is 498 g/mol. The zero-order valence-corrected chi connectivity index (χ0v) is 18.6. The van der Waals surface area contributed by atoms with E-state index in [1.165, 1.54) is 27.0 Å². The molecular formula is C18H19F5N4O5S. The Kier molecular flexibility index (Phi) is 7.16. The van der Waals surface area contributed by atoms with Gasteiger partial charge in [0.05, 0.1) is 16.8 Å². The number of hydrogen-bond donors (Lipinski definition) is 0. The van der Waals surface area contributed by atoms with Crippen molar-refractivity contribution >= 4 is 21.6 Å². The van der Waals surface area contributed by atoms with Crippen molar-refractivity contribution in [2.24, 2.45) is 7.05 Å². The van der Waals surface area contributed by atoms with Crippen LogP contribution in [0.1, 0.15) is 13.8 Å². The van der Waals surface area contributed by atoms with Crippen LogP contribution in [0.5, 0.6) is 5.75 Å². The number of carbonyl (C=O) groups is 1. The molecule has 15 heteroatoms. The lowest BCUT2D eigenvalue weighted by molar-refractivity contribution is -0.290. The number of rotatable bonds is 7. The van der Waals surface area contributed by atoms with Crippen molar-refractivity contribution in [2.45, 2.75) is 30.8 Å². The highest BCUT2D eigenvalue weighted by molar-refractivity contribution is 7.91. The molecule has 0 aliphatic carbocycles. The Morgan fingerprint density at radius 1 is 1.21 bits per heavy atom. The van der Waals surface area contributed by atoms with E-state index in [0.29, 0.717) is 10.8 Å². The smallest absolute Gasteiger partial charge is 0.456 e. The van der Waals surface area contributed by atoms with Crippen LogP contribution in [0.2, 0.25) is 0 Å². The van der Waals surface area contributed by atoms with Gasteiger partial charge in [-0.05, 0) is 12.1 Å². The molecule has 0 fully saturated rings. The number of aromatic nitrogens is 3. The number of pyridine rings is 1. The first kappa shape index (κ1) is 26.2. The minimum Gasteiger partial charge on any atom is -0.480 e. The fourth-order valence-electron chi connectivity index (χ4n) is 2.44. The Balaban J connectivity index is 2.62. The summed E-state index contributed by atoms with van der Waals surface area (Å²) in [6.07, 6.45) is -5.29. The standard InChI is InChI=1S/C18H19F5N4O5S/c1-5-33(30,31)12-6-7-13(26(3)10(2)28)25-14(12)15-24-8-11(16(29)27(15)4)32-9-17(19,20)18(21,22)23/h6-8H,5,9H2,1-4H3. The highest BCUT2D eigenvalue weighted by Gasteiger charge is 2.58. The van der Waals surface area contributed by atoms with Crippen molar-refractivity contribution in [2.75, 3.05) is 24.3 Å². The second-order valence-electron chi connectivity index (χ2n) is 6.80. The molecule has 33 heavy (non-hydrogen) atoms. The van der Waals surface area contributed by atoms with E-state index in [0.717, 1.165) is 18.0 Å². The van der Waals surface area contributed by atoms with Gasteiger partial charge >= 0.3 is 12.1 Å². The Hall–Kier alpha value is -3.10. The number of nitrogens with zero attached hydrogens (tertiary/aromatic N) is 4. The van der Waals surface area contributed by atoms with Crippen molar-refractivity contribution in [1.82, 2.24) is 14.5 Å². The summed E-state index contributed by atoms with van der Waals surface area (Å²) in [7, 11) is -1.46.